The standard InChI is InChI=1S/C43H60N2O6S3/c46-26-16-10-6-2-1-3-8-12-18-28-53-54-29-19-13-9-5-4-7-11-17-27-52-40-31-42(49)45(43(40)50)25-24-41(48)44-34-22-23-37-35-20-14-15-21-36(35)39(32-51-33-47)38(37)30-34/h14-15,20-23,26,30,33,39-40H,1-13,16-19,24-25,27-29,31-32H2,(H,44,48). The smallest absolute Gasteiger partial charge is 0.293 e. The summed E-state index contributed by atoms with van der Waals surface area (Å²) in [4.78, 5) is 61.0. The number of benzene rings is 2. The van der Waals surface area contributed by atoms with Gasteiger partial charge in [0.15, 0.2) is 0 Å². The summed E-state index contributed by atoms with van der Waals surface area (Å²) in [7, 11) is 4.08. The number of aldehydes is 1. The first-order valence-corrected chi connectivity index (χ1v) is 23.8. The highest BCUT2D eigenvalue weighted by Crippen LogP contribution is 2.45. The summed E-state index contributed by atoms with van der Waals surface area (Å²) in [6, 6.07) is 13.7. The van der Waals surface area contributed by atoms with Crippen molar-refractivity contribution in [3.8, 4) is 11.1 Å². The molecule has 0 spiro atoms. The molecule has 2 aliphatic rings. The normalized spacial score (nSPS) is 16.0. The predicted octanol–water partition coefficient (Wildman–Crippen LogP) is 10.4. The fourth-order valence-corrected chi connectivity index (χ4v) is 10.8. The van der Waals surface area contributed by atoms with Crippen LogP contribution in [0.15, 0.2) is 42.5 Å². The summed E-state index contributed by atoms with van der Waals surface area (Å²) in [5.41, 5.74) is 4.84. The highest BCUT2D eigenvalue weighted by atomic mass is 33.1. The molecule has 2 atom stereocenters. The third kappa shape index (κ3) is 15.1. The van der Waals surface area contributed by atoms with Gasteiger partial charge in [-0.1, -0.05) is 129 Å². The number of hydrogen-bond acceptors (Lipinski definition) is 9. The fourth-order valence-electron chi connectivity index (χ4n) is 7.27. The number of hydrogen-bond donors (Lipinski definition) is 1. The lowest BCUT2D eigenvalue weighted by Crippen LogP contribution is -2.34. The zero-order valence-corrected chi connectivity index (χ0v) is 34.4. The Hall–Kier alpha value is -2.76. The lowest BCUT2D eigenvalue weighted by atomic mass is 9.97. The van der Waals surface area contributed by atoms with E-state index in [1.807, 2.05) is 64.1 Å². The molecule has 2 aromatic carbocycles. The minimum atomic E-state index is -0.346. The van der Waals surface area contributed by atoms with Gasteiger partial charge in [0.25, 0.3) is 6.47 Å². The van der Waals surface area contributed by atoms with E-state index >= 15 is 0 Å². The quantitative estimate of drug-likeness (QED) is 0.0345. The molecule has 4 rings (SSSR count). The van der Waals surface area contributed by atoms with Crippen LogP contribution in [0.25, 0.3) is 11.1 Å². The molecule has 296 valence electrons. The molecule has 0 aromatic heterocycles. The number of carbonyl (C=O) groups is 5. The molecule has 1 fully saturated rings. The summed E-state index contributed by atoms with van der Waals surface area (Å²) < 4.78 is 5.12. The number of imide groups is 1. The van der Waals surface area contributed by atoms with E-state index in [1.165, 1.54) is 99.9 Å². The Balaban J connectivity index is 0.972. The highest BCUT2D eigenvalue weighted by molar-refractivity contribution is 8.76. The number of nitrogens with one attached hydrogen (secondary N) is 1. The van der Waals surface area contributed by atoms with Crippen molar-refractivity contribution < 1.29 is 28.7 Å². The molecule has 1 heterocycles. The topological polar surface area (TPSA) is 110 Å². The van der Waals surface area contributed by atoms with E-state index in [0.717, 1.165) is 60.0 Å². The van der Waals surface area contributed by atoms with Crippen molar-refractivity contribution in [1.82, 2.24) is 4.90 Å². The zero-order valence-electron chi connectivity index (χ0n) is 31.9. The van der Waals surface area contributed by atoms with E-state index in [0.29, 0.717) is 12.2 Å². The summed E-state index contributed by atoms with van der Waals surface area (Å²) in [5, 5.41) is 2.58. The van der Waals surface area contributed by atoms with Crippen LogP contribution in [0, 0.1) is 0 Å². The number of rotatable bonds is 31. The molecule has 0 radical (unpaired) electrons. The minimum Gasteiger partial charge on any atom is -0.467 e. The van der Waals surface area contributed by atoms with Gasteiger partial charge >= 0.3 is 0 Å². The van der Waals surface area contributed by atoms with Crippen LogP contribution in [-0.4, -0.2) is 71.0 Å². The van der Waals surface area contributed by atoms with Gasteiger partial charge in [0.1, 0.15) is 12.9 Å². The minimum absolute atomic E-state index is 0.0366. The molecule has 2 aromatic rings. The van der Waals surface area contributed by atoms with Crippen LogP contribution in [0.3, 0.4) is 0 Å². The number of nitrogens with zero attached hydrogens (tertiary/aromatic N) is 1. The molecular formula is C43H60N2O6S3. The third-order valence-electron chi connectivity index (χ3n) is 10.3. The number of carbonyl (C=O) groups excluding carboxylic acids is 5. The van der Waals surface area contributed by atoms with Crippen molar-refractivity contribution in [3.63, 3.8) is 0 Å². The molecule has 0 saturated carbocycles. The van der Waals surface area contributed by atoms with Gasteiger partial charge in [0.05, 0.1) is 5.25 Å². The first kappa shape index (κ1) is 44.0. The second-order valence-corrected chi connectivity index (χ2v) is 18.4. The van der Waals surface area contributed by atoms with E-state index in [2.05, 4.69) is 5.32 Å². The van der Waals surface area contributed by atoms with Gasteiger partial charge in [-0.3, -0.25) is 24.1 Å². The van der Waals surface area contributed by atoms with Gasteiger partial charge in [-0.15, -0.1) is 11.8 Å². The number of thioether (sulfide) groups is 1. The summed E-state index contributed by atoms with van der Waals surface area (Å²) in [5.74, 6) is 2.65. The molecule has 8 nitrogen and oxygen atoms in total. The Morgan fingerprint density at radius 3 is 1.98 bits per heavy atom. The average molecular weight is 797 g/mol. The first-order valence-electron chi connectivity index (χ1n) is 20.3. The van der Waals surface area contributed by atoms with Crippen LogP contribution >= 0.6 is 33.3 Å². The molecule has 0 bridgehead atoms. The van der Waals surface area contributed by atoms with Crippen molar-refractivity contribution in [3.05, 3.63) is 53.6 Å². The molecule has 1 aliphatic carbocycles. The maximum Gasteiger partial charge on any atom is 0.293 e. The van der Waals surface area contributed by atoms with E-state index in [-0.39, 0.29) is 54.9 Å². The summed E-state index contributed by atoms with van der Waals surface area (Å²) in [6.07, 6.45) is 22.1. The van der Waals surface area contributed by atoms with Crippen LogP contribution < -0.4 is 5.32 Å². The monoisotopic (exact) mass is 796 g/mol. The van der Waals surface area contributed by atoms with Crippen molar-refractivity contribution in [1.29, 1.82) is 0 Å². The average Bonchev–Trinajstić information content (AvgIpc) is 3.64. The number of fused-ring (bicyclic) bond motifs is 3. The Bertz CT molecular complexity index is 1470. The number of likely N-dealkylation sites (tertiary alicyclic amines) is 1. The van der Waals surface area contributed by atoms with E-state index < -0.39 is 0 Å². The molecule has 54 heavy (non-hydrogen) atoms. The molecular weight excluding hydrogens is 737 g/mol. The summed E-state index contributed by atoms with van der Waals surface area (Å²) >= 11 is 1.58. The van der Waals surface area contributed by atoms with Crippen LogP contribution in [0.2, 0.25) is 0 Å². The van der Waals surface area contributed by atoms with Crippen molar-refractivity contribution in [2.24, 2.45) is 0 Å². The first-order chi connectivity index (χ1) is 26.5. The second-order valence-electron chi connectivity index (χ2n) is 14.4. The molecule has 11 heteroatoms. The van der Waals surface area contributed by atoms with Crippen LogP contribution in [0.4, 0.5) is 5.69 Å². The number of amides is 3. The van der Waals surface area contributed by atoms with E-state index in [9.17, 15) is 24.0 Å². The largest absolute Gasteiger partial charge is 0.467 e. The highest BCUT2D eigenvalue weighted by Gasteiger charge is 2.38. The maximum atomic E-state index is 13.0. The van der Waals surface area contributed by atoms with Gasteiger partial charge in [0, 0.05) is 48.9 Å². The van der Waals surface area contributed by atoms with Crippen molar-refractivity contribution >= 4 is 69.5 Å². The lowest BCUT2D eigenvalue weighted by molar-refractivity contribution is -0.138. The number of ether oxygens (including phenoxy) is 1. The number of unbranched alkanes of at least 4 members (excludes halogenated alkanes) is 15. The van der Waals surface area contributed by atoms with Crippen molar-refractivity contribution in [2.75, 3.05) is 35.7 Å². The van der Waals surface area contributed by atoms with Gasteiger partial charge in [0.2, 0.25) is 17.7 Å². The predicted molar refractivity (Wildman–Crippen MR) is 226 cm³/mol. The van der Waals surface area contributed by atoms with Crippen LogP contribution in [-0.2, 0) is 28.7 Å². The molecule has 1 aliphatic heterocycles. The van der Waals surface area contributed by atoms with Crippen LogP contribution in [0.5, 0.6) is 0 Å². The Morgan fingerprint density at radius 1 is 0.741 bits per heavy atom. The Kier molecular flexibility index (Phi) is 21.3. The summed E-state index contributed by atoms with van der Waals surface area (Å²) in [6.45, 7) is 0.754. The van der Waals surface area contributed by atoms with Gasteiger partial charge in [-0.05, 0) is 65.8 Å². The Morgan fingerprint density at radius 2 is 1.33 bits per heavy atom. The lowest BCUT2D eigenvalue weighted by Gasteiger charge is -2.16. The number of anilines is 1. The maximum absolute atomic E-state index is 13.0. The Labute approximate surface area is 335 Å². The van der Waals surface area contributed by atoms with Crippen molar-refractivity contribution in [2.45, 2.75) is 133 Å². The van der Waals surface area contributed by atoms with Gasteiger partial charge < -0.3 is 14.8 Å². The molecule has 2 unspecified atom stereocenters. The molecule has 1 N–H and O–H groups in total. The van der Waals surface area contributed by atoms with Gasteiger partial charge in [-0.2, -0.15) is 0 Å². The van der Waals surface area contributed by atoms with E-state index in [1.54, 1.807) is 11.8 Å². The second kappa shape index (κ2) is 26.2. The fraction of sp³-hybridized carbons (Fsp3) is 0.605. The SMILES string of the molecule is O=CCCCCCCCCCCSSCCCCCCCCCCSC1CC(=O)N(CCC(=O)Nc2ccc3c(c2)C(COC=O)c2ccccc2-3)C1=O. The van der Waals surface area contributed by atoms with E-state index in [4.69, 9.17) is 4.74 Å². The zero-order chi connectivity index (χ0) is 38.2. The molecule has 1 saturated heterocycles. The molecule has 3 amide bonds. The third-order valence-corrected chi connectivity index (χ3v) is 14.1. The van der Waals surface area contributed by atoms with Crippen LogP contribution in [0.1, 0.15) is 139 Å². The van der Waals surface area contributed by atoms with Gasteiger partial charge in [-0.25, -0.2) is 0 Å².